The molecule has 1 aliphatic rings. The Hall–Kier alpha value is -3.65. The average molecular weight is 478 g/mol. The summed E-state index contributed by atoms with van der Waals surface area (Å²) in [5.74, 6) is -0.314. The van der Waals surface area contributed by atoms with E-state index in [1.54, 1.807) is 79.4 Å². The number of anilines is 3. The fourth-order valence-electron chi connectivity index (χ4n) is 4.07. The number of benzene rings is 3. The predicted octanol–water partition coefficient (Wildman–Crippen LogP) is 4.59. The van der Waals surface area contributed by atoms with Gasteiger partial charge >= 0.3 is 0 Å². The molecule has 2 amide bonds. The van der Waals surface area contributed by atoms with Crippen LogP contribution < -0.4 is 14.5 Å². The Bertz CT molecular complexity index is 1310. The Kier molecular flexibility index (Phi) is 6.70. The van der Waals surface area contributed by atoms with Crippen molar-refractivity contribution < 1.29 is 18.0 Å². The van der Waals surface area contributed by atoms with E-state index in [0.717, 1.165) is 12.1 Å². The summed E-state index contributed by atoms with van der Waals surface area (Å²) in [5.41, 5.74) is 2.73. The predicted molar refractivity (Wildman–Crippen MR) is 134 cm³/mol. The second-order valence-corrected chi connectivity index (χ2v) is 9.97. The average Bonchev–Trinajstić information content (AvgIpc) is 3.26. The van der Waals surface area contributed by atoms with Crippen LogP contribution in [0.1, 0.15) is 35.7 Å². The van der Waals surface area contributed by atoms with E-state index in [1.807, 2.05) is 6.07 Å². The minimum atomic E-state index is -3.87. The van der Waals surface area contributed by atoms with Gasteiger partial charge in [-0.05, 0) is 74.4 Å². The number of nitrogens with one attached hydrogen (secondary N) is 1. The zero-order chi connectivity index (χ0) is 24.3. The summed E-state index contributed by atoms with van der Waals surface area (Å²) in [6, 6.07) is 20.6. The van der Waals surface area contributed by atoms with Crippen molar-refractivity contribution in [3.8, 4) is 0 Å². The first-order chi connectivity index (χ1) is 16.3. The van der Waals surface area contributed by atoms with Crippen molar-refractivity contribution in [3.63, 3.8) is 0 Å². The van der Waals surface area contributed by atoms with E-state index in [9.17, 15) is 18.0 Å². The molecule has 0 bridgehead atoms. The van der Waals surface area contributed by atoms with Gasteiger partial charge in [-0.15, -0.1) is 0 Å². The summed E-state index contributed by atoms with van der Waals surface area (Å²) in [5, 5.41) is 2.81. The third kappa shape index (κ3) is 4.68. The zero-order valence-electron chi connectivity index (χ0n) is 19.2. The van der Waals surface area contributed by atoms with E-state index in [2.05, 4.69) is 5.32 Å². The van der Waals surface area contributed by atoms with E-state index in [4.69, 9.17) is 0 Å². The normalized spacial score (nSPS) is 13.7. The van der Waals surface area contributed by atoms with Crippen LogP contribution in [-0.2, 0) is 14.8 Å². The molecule has 1 fully saturated rings. The Labute approximate surface area is 200 Å². The van der Waals surface area contributed by atoms with Gasteiger partial charge in [0, 0.05) is 36.4 Å². The number of sulfonamides is 1. The first-order valence-corrected chi connectivity index (χ1v) is 12.7. The van der Waals surface area contributed by atoms with Crippen molar-refractivity contribution in [2.45, 2.75) is 31.6 Å². The topological polar surface area (TPSA) is 86.8 Å². The number of amides is 2. The van der Waals surface area contributed by atoms with E-state index in [-0.39, 0.29) is 22.9 Å². The van der Waals surface area contributed by atoms with Crippen LogP contribution in [0.15, 0.2) is 77.7 Å². The standard InChI is InChI=1S/C26H27N3O4S/c1-3-29(23-8-5-4-6-9-23)34(32,33)24-18-20(12-11-19(24)2)26(31)27-21-13-15-22(16-14-21)28-17-7-10-25(28)30/h4-6,8-9,11-16,18H,3,7,10,17H2,1-2H3,(H,27,31). The van der Waals surface area contributed by atoms with Crippen LogP contribution in [0.4, 0.5) is 17.1 Å². The van der Waals surface area contributed by atoms with Gasteiger partial charge in [-0.1, -0.05) is 24.3 Å². The third-order valence-corrected chi connectivity index (χ3v) is 7.90. The molecule has 0 aliphatic carbocycles. The van der Waals surface area contributed by atoms with Gasteiger partial charge in [-0.3, -0.25) is 13.9 Å². The van der Waals surface area contributed by atoms with Crippen molar-refractivity contribution in [3.05, 3.63) is 83.9 Å². The van der Waals surface area contributed by atoms with Crippen LogP contribution in [0, 0.1) is 6.92 Å². The van der Waals surface area contributed by atoms with Crippen molar-refractivity contribution in [1.82, 2.24) is 0 Å². The molecule has 8 heteroatoms. The molecule has 0 spiro atoms. The zero-order valence-corrected chi connectivity index (χ0v) is 20.0. The number of rotatable bonds is 7. The quantitative estimate of drug-likeness (QED) is 0.539. The number of nitrogens with zero attached hydrogens (tertiary/aromatic N) is 2. The molecule has 1 heterocycles. The molecular formula is C26H27N3O4S. The van der Waals surface area contributed by atoms with Gasteiger partial charge in [-0.25, -0.2) is 8.42 Å². The highest BCUT2D eigenvalue weighted by molar-refractivity contribution is 7.92. The van der Waals surface area contributed by atoms with E-state index >= 15 is 0 Å². The SMILES string of the molecule is CCN(c1ccccc1)S(=O)(=O)c1cc(C(=O)Nc2ccc(N3CCCC3=O)cc2)ccc1C. The molecule has 7 nitrogen and oxygen atoms in total. The Morgan fingerprint density at radius 1 is 1.03 bits per heavy atom. The number of aryl methyl sites for hydroxylation is 1. The number of hydrogen-bond donors (Lipinski definition) is 1. The highest BCUT2D eigenvalue weighted by atomic mass is 32.2. The summed E-state index contributed by atoms with van der Waals surface area (Å²) < 4.78 is 28.3. The lowest BCUT2D eigenvalue weighted by Crippen LogP contribution is -2.31. The number of para-hydroxylation sites is 1. The number of carbonyl (C=O) groups excluding carboxylic acids is 2. The van der Waals surface area contributed by atoms with E-state index < -0.39 is 15.9 Å². The summed E-state index contributed by atoms with van der Waals surface area (Å²) in [6.07, 6.45) is 1.40. The lowest BCUT2D eigenvalue weighted by Gasteiger charge is -2.24. The first-order valence-electron chi connectivity index (χ1n) is 11.2. The maximum atomic E-state index is 13.5. The lowest BCUT2D eigenvalue weighted by atomic mass is 10.1. The molecule has 0 atom stereocenters. The van der Waals surface area contributed by atoms with Crippen LogP contribution in [0.25, 0.3) is 0 Å². The first kappa shape index (κ1) is 23.5. The minimum absolute atomic E-state index is 0.0914. The van der Waals surface area contributed by atoms with Gasteiger partial charge < -0.3 is 10.2 Å². The van der Waals surface area contributed by atoms with E-state index in [1.165, 1.54) is 10.4 Å². The molecule has 34 heavy (non-hydrogen) atoms. The van der Waals surface area contributed by atoms with E-state index in [0.29, 0.717) is 29.9 Å². The molecule has 3 aromatic carbocycles. The van der Waals surface area contributed by atoms with Crippen LogP contribution in [0.3, 0.4) is 0 Å². The molecule has 1 saturated heterocycles. The maximum Gasteiger partial charge on any atom is 0.264 e. The third-order valence-electron chi connectivity index (χ3n) is 5.86. The van der Waals surface area contributed by atoms with Crippen LogP contribution in [-0.4, -0.2) is 33.3 Å². The van der Waals surface area contributed by atoms with Gasteiger partial charge in [0.1, 0.15) is 0 Å². The summed E-state index contributed by atoms with van der Waals surface area (Å²) in [7, 11) is -3.87. The molecule has 1 N–H and O–H groups in total. The van der Waals surface area contributed by atoms with Crippen molar-refractivity contribution in [1.29, 1.82) is 0 Å². The largest absolute Gasteiger partial charge is 0.322 e. The summed E-state index contributed by atoms with van der Waals surface area (Å²) in [6.45, 7) is 4.44. The summed E-state index contributed by atoms with van der Waals surface area (Å²) in [4.78, 5) is 26.7. The summed E-state index contributed by atoms with van der Waals surface area (Å²) >= 11 is 0. The Balaban J connectivity index is 1.56. The van der Waals surface area contributed by atoms with Crippen LogP contribution in [0.5, 0.6) is 0 Å². The monoisotopic (exact) mass is 477 g/mol. The molecule has 0 radical (unpaired) electrons. The van der Waals surface area contributed by atoms with Crippen molar-refractivity contribution >= 4 is 38.9 Å². The fourth-order valence-corrected chi connectivity index (χ4v) is 5.80. The molecular weight excluding hydrogens is 450 g/mol. The highest BCUT2D eigenvalue weighted by Crippen LogP contribution is 2.27. The maximum absolute atomic E-state index is 13.5. The van der Waals surface area contributed by atoms with Crippen LogP contribution in [0.2, 0.25) is 0 Å². The van der Waals surface area contributed by atoms with Crippen LogP contribution >= 0.6 is 0 Å². The highest BCUT2D eigenvalue weighted by Gasteiger charge is 2.26. The van der Waals surface area contributed by atoms with Gasteiger partial charge in [0.25, 0.3) is 15.9 Å². The van der Waals surface area contributed by atoms with Gasteiger partial charge in [-0.2, -0.15) is 0 Å². The minimum Gasteiger partial charge on any atom is -0.322 e. The van der Waals surface area contributed by atoms with Gasteiger partial charge in [0.05, 0.1) is 10.6 Å². The van der Waals surface area contributed by atoms with Gasteiger partial charge in [0.15, 0.2) is 0 Å². The Morgan fingerprint density at radius 2 is 1.74 bits per heavy atom. The molecule has 0 saturated carbocycles. The molecule has 0 aromatic heterocycles. The van der Waals surface area contributed by atoms with Crippen molar-refractivity contribution in [2.24, 2.45) is 0 Å². The second kappa shape index (κ2) is 9.69. The Morgan fingerprint density at radius 3 is 2.35 bits per heavy atom. The molecule has 1 aliphatic heterocycles. The molecule has 3 aromatic rings. The number of hydrogen-bond acceptors (Lipinski definition) is 4. The molecule has 4 rings (SSSR count). The number of carbonyl (C=O) groups is 2. The van der Waals surface area contributed by atoms with Gasteiger partial charge in [0.2, 0.25) is 5.91 Å². The lowest BCUT2D eigenvalue weighted by molar-refractivity contribution is -0.117. The fraction of sp³-hybridized carbons (Fsp3) is 0.231. The second-order valence-electron chi connectivity index (χ2n) is 8.14. The molecule has 0 unspecified atom stereocenters. The van der Waals surface area contributed by atoms with Crippen molar-refractivity contribution in [2.75, 3.05) is 27.6 Å². The smallest absolute Gasteiger partial charge is 0.264 e. The molecule has 176 valence electrons.